The highest BCUT2D eigenvalue weighted by atomic mass is 16.4. The van der Waals surface area contributed by atoms with Crippen molar-refractivity contribution in [3.8, 4) is 6.07 Å². The summed E-state index contributed by atoms with van der Waals surface area (Å²) >= 11 is 0. The number of nitriles is 1. The van der Waals surface area contributed by atoms with Gasteiger partial charge >= 0.3 is 0 Å². The van der Waals surface area contributed by atoms with E-state index < -0.39 is 0 Å². The van der Waals surface area contributed by atoms with Gasteiger partial charge in [0.2, 0.25) is 0 Å². The average molecular weight is 166 g/mol. The molecule has 12 heavy (non-hydrogen) atoms. The zero-order chi connectivity index (χ0) is 9.19. The maximum Gasteiger partial charge on any atom is 0.0686 e. The van der Waals surface area contributed by atoms with Crippen LogP contribution in [0.1, 0.15) is 33.1 Å². The maximum absolute atomic E-state index is 8.86. The zero-order valence-electron chi connectivity index (χ0n) is 7.54. The molecule has 0 saturated heterocycles. The number of rotatable bonds is 1. The molecule has 1 aliphatic rings. The summed E-state index contributed by atoms with van der Waals surface area (Å²) < 4.78 is 0. The highest BCUT2D eigenvalue weighted by molar-refractivity contribution is 5.86. The number of hydrogen-bond acceptors (Lipinski definition) is 3. The van der Waals surface area contributed by atoms with Crippen LogP contribution in [-0.2, 0) is 0 Å². The van der Waals surface area contributed by atoms with Crippen molar-refractivity contribution in [1.29, 1.82) is 5.26 Å². The lowest BCUT2D eigenvalue weighted by molar-refractivity contribution is 0.301. The van der Waals surface area contributed by atoms with Gasteiger partial charge in [0.05, 0.1) is 17.2 Å². The molecule has 1 saturated carbocycles. The lowest BCUT2D eigenvalue weighted by Gasteiger charge is -2.22. The quantitative estimate of drug-likeness (QED) is 0.479. The lowest BCUT2D eigenvalue weighted by atomic mass is 9.79. The predicted octanol–water partition coefficient (Wildman–Crippen LogP) is 2.17. The van der Waals surface area contributed by atoms with Gasteiger partial charge in [-0.15, -0.1) is 0 Å². The van der Waals surface area contributed by atoms with Crippen LogP contribution in [0.5, 0.6) is 0 Å². The Morgan fingerprint density at radius 3 is 2.75 bits per heavy atom. The molecule has 3 nitrogen and oxygen atoms in total. The van der Waals surface area contributed by atoms with Crippen LogP contribution < -0.4 is 0 Å². The Bertz CT molecular complexity index is 237. The van der Waals surface area contributed by atoms with Gasteiger partial charge in [0, 0.05) is 0 Å². The van der Waals surface area contributed by atoms with Gasteiger partial charge in [-0.1, -0.05) is 5.16 Å². The van der Waals surface area contributed by atoms with Gasteiger partial charge in [-0.2, -0.15) is 5.26 Å². The van der Waals surface area contributed by atoms with Crippen LogP contribution in [0.3, 0.4) is 0 Å². The SMILES string of the molecule is CC(C)(C#N)[C@@H]1CC/C(=N\O)C1. The van der Waals surface area contributed by atoms with Crippen molar-refractivity contribution in [1.82, 2.24) is 0 Å². The smallest absolute Gasteiger partial charge is 0.0686 e. The summed E-state index contributed by atoms with van der Waals surface area (Å²) in [4.78, 5) is 0. The van der Waals surface area contributed by atoms with Gasteiger partial charge in [0.25, 0.3) is 0 Å². The third-order valence-corrected chi connectivity index (χ3v) is 2.71. The molecule has 0 spiro atoms. The maximum atomic E-state index is 8.86. The highest BCUT2D eigenvalue weighted by Crippen LogP contribution is 2.37. The molecule has 1 fully saturated rings. The highest BCUT2D eigenvalue weighted by Gasteiger charge is 2.34. The molecule has 0 aliphatic heterocycles. The molecule has 0 aromatic heterocycles. The van der Waals surface area contributed by atoms with E-state index in [2.05, 4.69) is 11.2 Å². The molecule has 0 radical (unpaired) electrons. The Morgan fingerprint density at radius 2 is 2.33 bits per heavy atom. The largest absolute Gasteiger partial charge is 0.411 e. The molecular weight excluding hydrogens is 152 g/mol. The van der Waals surface area contributed by atoms with Crippen LogP contribution in [0.25, 0.3) is 0 Å². The first-order valence-electron chi connectivity index (χ1n) is 4.21. The zero-order valence-corrected chi connectivity index (χ0v) is 7.54. The minimum Gasteiger partial charge on any atom is -0.411 e. The Balaban J connectivity index is 2.65. The van der Waals surface area contributed by atoms with Gasteiger partial charge in [0.15, 0.2) is 0 Å². The second-order valence-corrected chi connectivity index (χ2v) is 3.94. The van der Waals surface area contributed by atoms with Gasteiger partial charge in [0.1, 0.15) is 0 Å². The minimum absolute atomic E-state index is 0.285. The van der Waals surface area contributed by atoms with Gasteiger partial charge in [-0.05, 0) is 39.0 Å². The van der Waals surface area contributed by atoms with Gasteiger partial charge in [-0.25, -0.2) is 0 Å². The summed E-state index contributed by atoms with van der Waals surface area (Å²) in [6, 6.07) is 2.29. The van der Waals surface area contributed by atoms with E-state index in [1.807, 2.05) is 13.8 Å². The molecule has 0 amide bonds. The molecular formula is C9H14N2O. The number of oxime groups is 1. The summed E-state index contributed by atoms with van der Waals surface area (Å²) in [7, 11) is 0. The van der Waals surface area contributed by atoms with Crippen molar-refractivity contribution >= 4 is 5.71 Å². The second-order valence-electron chi connectivity index (χ2n) is 3.94. The fourth-order valence-corrected chi connectivity index (χ4v) is 1.63. The van der Waals surface area contributed by atoms with Crippen molar-refractivity contribution in [2.24, 2.45) is 16.5 Å². The summed E-state index contributed by atoms with van der Waals surface area (Å²) in [5.41, 5.74) is 0.551. The summed E-state index contributed by atoms with van der Waals surface area (Å²) in [5, 5.41) is 20.6. The van der Waals surface area contributed by atoms with E-state index in [-0.39, 0.29) is 5.41 Å². The first-order valence-corrected chi connectivity index (χ1v) is 4.21. The van der Waals surface area contributed by atoms with Gasteiger partial charge in [-0.3, -0.25) is 0 Å². The molecule has 1 atom stereocenters. The topological polar surface area (TPSA) is 56.4 Å². The molecule has 3 heteroatoms. The van der Waals surface area contributed by atoms with Crippen molar-refractivity contribution in [2.45, 2.75) is 33.1 Å². The Morgan fingerprint density at radius 1 is 1.67 bits per heavy atom. The van der Waals surface area contributed by atoms with E-state index in [0.717, 1.165) is 25.0 Å². The summed E-state index contributed by atoms with van der Waals surface area (Å²) in [6.45, 7) is 3.88. The first-order chi connectivity index (χ1) is 5.60. The van der Waals surface area contributed by atoms with E-state index >= 15 is 0 Å². The fourth-order valence-electron chi connectivity index (χ4n) is 1.63. The average Bonchev–Trinajstić information content (AvgIpc) is 2.52. The molecule has 0 aromatic carbocycles. The molecule has 0 bridgehead atoms. The Labute approximate surface area is 72.7 Å². The van der Waals surface area contributed by atoms with Crippen LogP contribution in [0.2, 0.25) is 0 Å². The van der Waals surface area contributed by atoms with E-state index in [1.165, 1.54) is 0 Å². The molecule has 1 rings (SSSR count). The van der Waals surface area contributed by atoms with E-state index in [1.54, 1.807) is 0 Å². The second kappa shape index (κ2) is 3.14. The monoisotopic (exact) mass is 166 g/mol. The molecule has 1 aliphatic carbocycles. The van der Waals surface area contributed by atoms with Crippen LogP contribution in [0.4, 0.5) is 0 Å². The van der Waals surface area contributed by atoms with Crippen molar-refractivity contribution in [3.05, 3.63) is 0 Å². The number of hydrogen-bond donors (Lipinski definition) is 1. The Kier molecular flexibility index (Phi) is 2.37. The lowest BCUT2D eigenvalue weighted by Crippen LogP contribution is -2.19. The van der Waals surface area contributed by atoms with Crippen LogP contribution in [0.15, 0.2) is 5.16 Å². The summed E-state index contributed by atoms with van der Waals surface area (Å²) in [5.74, 6) is 0.355. The van der Waals surface area contributed by atoms with Crippen LogP contribution in [0, 0.1) is 22.7 Å². The standard InChI is InChI=1S/C9H14N2O/c1-9(2,6-10)7-3-4-8(5-7)11-12/h7,12H,3-5H2,1-2H3/b11-8+/t7-/m1/s1. The van der Waals surface area contributed by atoms with Crippen LogP contribution in [-0.4, -0.2) is 10.9 Å². The van der Waals surface area contributed by atoms with E-state index in [4.69, 9.17) is 10.5 Å². The molecule has 1 N–H and O–H groups in total. The van der Waals surface area contributed by atoms with Crippen molar-refractivity contribution in [3.63, 3.8) is 0 Å². The third kappa shape index (κ3) is 1.58. The van der Waals surface area contributed by atoms with E-state index in [9.17, 15) is 0 Å². The molecule has 0 aromatic rings. The van der Waals surface area contributed by atoms with Crippen molar-refractivity contribution < 1.29 is 5.21 Å². The normalized spacial score (nSPS) is 27.4. The Hall–Kier alpha value is -1.04. The molecule has 66 valence electrons. The minimum atomic E-state index is -0.285. The first kappa shape index (κ1) is 9.05. The molecule has 0 heterocycles. The summed E-state index contributed by atoms with van der Waals surface area (Å²) in [6.07, 6.45) is 2.59. The molecule has 0 unspecified atom stereocenters. The van der Waals surface area contributed by atoms with Gasteiger partial charge < -0.3 is 5.21 Å². The third-order valence-electron chi connectivity index (χ3n) is 2.71. The fraction of sp³-hybridized carbons (Fsp3) is 0.778. The number of nitrogens with zero attached hydrogens (tertiary/aromatic N) is 2. The van der Waals surface area contributed by atoms with E-state index in [0.29, 0.717) is 5.92 Å². The van der Waals surface area contributed by atoms with Crippen LogP contribution >= 0.6 is 0 Å². The van der Waals surface area contributed by atoms with Crippen molar-refractivity contribution in [2.75, 3.05) is 0 Å². The predicted molar refractivity (Wildman–Crippen MR) is 46.0 cm³/mol.